The number of nitrogens with two attached hydrogens (primary N) is 3. The van der Waals surface area contributed by atoms with Crippen molar-refractivity contribution in [2.24, 2.45) is 17.2 Å². The molecule has 1 aliphatic carbocycles. The van der Waals surface area contributed by atoms with E-state index in [2.05, 4.69) is 0 Å². The molecule has 2 fully saturated rings. The van der Waals surface area contributed by atoms with E-state index in [1.807, 2.05) is 37.3 Å². The summed E-state index contributed by atoms with van der Waals surface area (Å²) in [5, 5.41) is 0. The minimum absolute atomic E-state index is 0.125. The average molecular weight is 488 g/mol. The van der Waals surface area contributed by atoms with Crippen LogP contribution < -0.4 is 17.2 Å². The highest BCUT2D eigenvalue weighted by atomic mass is 16.7. The van der Waals surface area contributed by atoms with Crippen LogP contribution in [0.5, 0.6) is 0 Å². The predicted molar refractivity (Wildman–Crippen MR) is 130 cm³/mol. The lowest BCUT2D eigenvalue weighted by Crippen LogP contribution is -2.65. The largest absolute Gasteiger partial charge is 0.457 e. The Bertz CT molecular complexity index is 849. The van der Waals surface area contributed by atoms with E-state index >= 15 is 0 Å². The molecule has 0 spiro atoms. The van der Waals surface area contributed by atoms with E-state index < -0.39 is 54.7 Å². The molecule has 3 rings (SSSR count). The van der Waals surface area contributed by atoms with Crippen LogP contribution in [0, 0.1) is 0 Å². The Morgan fingerprint density at radius 3 is 2.23 bits per heavy atom. The summed E-state index contributed by atoms with van der Waals surface area (Å²) < 4.78 is 23.4. The first-order valence-electron chi connectivity index (χ1n) is 12.0. The number of carbonyl (C=O) groups is 2. The number of hydrogen-bond donors (Lipinski definition) is 3. The minimum Gasteiger partial charge on any atom is -0.457 e. The zero-order valence-corrected chi connectivity index (χ0v) is 20.6. The highest BCUT2D eigenvalue weighted by Gasteiger charge is 2.49. The van der Waals surface area contributed by atoms with Gasteiger partial charge in [-0.25, -0.2) is 0 Å². The van der Waals surface area contributed by atoms with Crippen LogP contribution in [0.2, 0.25) is 0 Å². The van der Waals surface area contributed by atoms with Crippen LogP contribution in [0.1, 0.15) is 45.6 Å². The molecule has 0 amide bonds. The van der Waals surface area contributed by atoms with Gasteiger partial charge in [0.1, 0.15) is 6.10 Å². The van der Waals surface area contributed by atoms with Crippen molar-refractivity contribution in [3.8, 4) is 0 Å². The zero-order chi connectivity index (χ0) is 25.7. The lowest BCUT2D eigenvalue weighted by Gasteiger charge is -2.46. The van der Waals surface area contributed by atoms with E-state index in [1.165, 1.54) is 13.8 Å². The summed E-state index contributed by atoms with van der Waals surface area (Å²) in [6.07, 6.45) is -2.13. The molecule has 1 aliphatic heterocycles. The molecule has 10 nitrogen and oxygen atoms in total. The van der Waals surface area contributed by atoms with Gasteiger partial charge in [-0.1, -0.05) is 30.3 Å². The Balaban J connectivity index is 1.71. The molecule has 35 heavy (non-hydrogen) atoms. The topological polar surface area (TPSA) is 152 Å². The number of ether oxygens (including phenoxy) is 4. The Kier molecular flexibility index (Phi) is 9.68. The fourth-order valence-corrected chi connectivity index (χ4v) is 4.74. The van der Waals surface area contributed by atoms with E-state index in [1.54, 1.807) is 4.81 Å². The van der Waals surface area contributed by atoms with Crippen molar-refractivity contribution in [3.63, 3.8) is 0 Å². The average Bonchev–Trinajstić information content (AvgIpc) is 2.79. The summed E-state index contributed by atoms with van der Waals surface area (Å²) in [6, 6.07) is 8.17. The zero-order valence-electron chi connectivity index (χ0n) is 20.6. The third kappa shape index (κ3) is 7.25. The van der Waals surface area contributed by atoms with Gasteiger partial charge in [-0.15, -0.1) is 0 Å². The summed E-state index contributed by atoms with van der Waals surface area (Å²) in [7, 11) is 6.36. The van der Waals surface area contributed by atoms with Crippen molar-refractivity contribution >= 4 is 19.9 Å². The highest BCUT2D eigenvalue weighted by molar-refractivity contribution is 6.04. The number of benzene rings is 1. The van der Waals surface area contributed by atoms with Gasteiger partial charge in [-0.05, 0) is 31.7 Å². The lowest BCUT2D eigenvalue weighted by atomic mass is 9.84. The van der Waals surface area contributed by atoms with E-state index in [0.29, 0.717) is 25.8 Å². The van der Waals surface area contributed by atoms with Crippen molar-refractivity contribution in [2.75, 3.05) is 0 Å². The molecule has 1 aromatic rings. The van der Waals surface area contributed by atoms with Gasteiger partial charge in [0.25, 0.3) is 0 Å². The Hall–Kier alpha value is -2.02. The molecular formula is C24H37BN4O6. The maximum absolute atomic E-state index is 11.8. The molecule has 9 atom stereocenters. The number of hydrogen-bond acceptors (Lipinski definition) is 10. The number of esters is 2. The van der Waals surface area contributed by atoms with E-state index in [9.17, 15) is 9.59 Å². The maximum Gasteiger partial charge on any atom is 0.303 e. The second-order valence-electron chi connectivity index (χ2n) is 9.49. The first-order chi connectivity index (χ1) is 16.6. The molecule has 11 heteroatoms. The van der Waals surface area contributed by atoms with Gasteiger partial charge in [0.05, 0.1) is 12.1 Å². The third-order valence-corrected chi connectivity index (χ3v) is 6.64. The summed E-state index contributed by atoms with van der Waals surface area (Å²) in [5.74, 6) is -1.11. The molecule has 0 bridgehead atoms. The van der Waals surface area contributed by atoms with Crippen molar-refractivity contribution in [3.05, 3.63) is 35.9 Å². The predicted octanol–water partition coefficient (Wildman–Crippen LogP) is 0.0999. The second kappa shape index (κ2) is 12.3. The molecule has 1 saturated heterocycles. The van der Waals surface area contributed by atoms with Crippen LogP contribution in [0.15, 0.2) is 30.3 Å². The first kappa shape index (κ1) is 27.6. The number of nitrogens with zero attached hydrogens (tertiary/aromatic N) is 1. The fourth-order valence-electron chi connectivity index (χ4n) is 4.74. The quantitative estimate of drug-likeness (QED) is 0.339. The minimum atomic E-state index is -0.993. The van der Waals surface area contributed by atoms with Crippen molar-refractivity contribution in [1.82, 2.24) is 4.81 Å². The van der Waals surface area contributed by atoms with Crippen molar-refractivity contribution in [2.45, 2.75) is 101 Å². The van der Waals surface area contributed by atoms with Gasteiger partial charge in [0.15, 0.2) is 26.5 Å². The maximum atomic E-state index is 11.8. The summed E-state index contributed by atoms with van der Waals surface area (Å²) >= 11 is 0. The van der Waals surface area contributed by atoms with Crippen LogP contribution in [-0.4, -0.2) is 79.6 Å². The van der Waals surface area contributed by atoms with Gasteiger partial charge in [-0.3, -0.25) is 9.59 Å². The van der Waals surface area contributed by atoms with Crippen LogP contribution in [0.4, 0.5) is 0 Å². The molecular weight excluding hydrogens is 451 g/mol. The molecule has 0 aromatic heterocycles. The smallest absolute Gasteiger partial charge is 0.303 e. The summed E-state index contributed by atoms with van der Waals surface area (Å²) in [5.41, 5.74) is 20.0. The van der Waals surface area contributed by atoms with E-state index in [4.69, 9.17) is 44.1 Å². The lowest BCUT2D eigenvalue weighted by molar-refractivity contribution is -0.263. The summed E-state index contributed by atoms with van der Waals surface area (Å²) in [4.78, 5) is 25.3. The third-order valence-electron chi connectivity index (χ3n) is 6.64. The Morgan fingerprint density at radius 1 is 1.00 bits per heavy atom. The Labute approximate surface area is 208 Å². The van der Waals surface area contributed by atoms with E-state index in [-0.39, 0.29) is 12.1 Å². The normalized spacial score (nSPS) is 34.3. The molecule has 1 aromatic carbocycles. The van der Waals surface area contributed by atoms with E-state index in [0.717, 1.165) is 5.56 Å². The standard InChI is InChI=1S/C24H37BN4O6/c1-13(29(25)12-16-7-5-4-6-8-16)20-10-9-17(26)24(34-20)35-22-19(28)11-18(27)21(32-14(2)30)23(22)33-15(3)31/h4-8,13,17-24H,9-12,26-28H2,1-3H3. The van der Waals surface area contributed by atoms with Gasteiger partial charge < -0.3 is 41.0 Å². The van der Waals surface area contributed by atoms with Crippen LogP contribution >= 0.6 is 0 Å². The van der Waals surface area contributed by atoms with Crippen LogP contribution in [-0.2, 0) is 35.1 Å². The van der Waals surface area contributed by atoms with Gasteiger partial charge in [-0.2, -0.15) is 0 Å². The fraction of sp³-hybridized carbons (Fsp3) is 0.667. The molecule has 1 saturated carbocycles. The van der Waals surface area contributed by atoms with Crippen LogP contribution in [0.3, 0.4) is 0 Å². The second-order valence-corrected chi connectivity index (χ2v) is 9.49. The SMILES string of the molecule is [B]N(Cc1ccccc1)C(C)C1CCC(N)C(OC2C(N)CC(N)C(OC(C)=O)C2OC(C)=O)O1. The van der Waals surface area contributed by atoms with Gasteiger partial charge in [0.2, 0.25) is 0 Å². The first-order valence-corrected chi connectivity index (χ1v) is 12.0. The van der Waals surface area contributed by atoms with Crippen LogP contribution in [0.25, 0.3) is 0 Å². The number of rotatable bonds is 8. The molecule has 6 N–H and O–H groups in total. The van der Waals surface area contributed by atoms with Gasteiger partial charge >= 0.3 is 11.9 Å². The molecule has 1 heterocycles. The summed E-state index contributed by atoms with van der Waals surface area (Å²) in [6.45, 7) is 5.08. The highest BCUT2D eigenvalue weighted by Crippen LogP contribution is 2.31. The molecule has 2 radical (unpaired) electrons. The van der Waals surface area contributed by atoms with Gasteiger partial charge in [0, 0.05) is 38.5 Å². The Morgan fingerprint density at radius 2 is 1.60 bits per heavy atom. The molecule has 192 valence electrons. The molecule has 9 unspecified atom stereocenters. The van der Waals surface area contributed by atoms with Crippen molar-refractivity contribution < 1.29 is 28.5 Å². The molecule has 2 aliphatic rings. The van der Waals surface area contributed by atoms with Crippen molar-refractivity contribution in [1.29, 1.82) is 0 Å². The monoisotopic (exact) mass is 488 g/mol. The number of carbonyl (C=O) groups excluding carboxylic acids is 2.